The molecule has 0 spiro atoms. The number of benzene rings is 1. The standard InChI is InChI=1S/C36H53FN4O5/c1-5-7-19-30(36(46)39-31(24-28-17-13-10-14-18-28)34(44)32(42)20-8-6-2)38-35(45)29(23-27-15-11-9-12-16-27)25-33(43)41(4)22-21-40(3)26-37/h2,9,11-12,15-16,28-32,34,42,44H,8,10,13-14,17-26H2,1,3-4H3,(H,38,45)(H,39,46). The van der Waals surface area contributed by atoms with Crippen LogP contribution in [0.1, 0.15) is 76.7 Å². The maximum atomic E-state index is 13.8. The van der Waals surface area contributed by atoms with Gasteiger partial charge < -0.3 is 25.7 Å². The average Bonchev–Trinajstić information content (AvgIpc) is 3.07. The molecule has 1 aromatic rings. The molecule has 0 aliphatic heterocycles. The highest BCUT2D eigenvalue weighted by atomic mass is 19.1. The minimum atomic E-state index is -1.23. The van der Waals surface area contributed by atoms with Crippen molar-refractivity contribution in [2.75, 3.05) is 34.0 Å². The zero-order valence-electron chi connectivity index (χ0n) is 27.7. The van der Waals surface area contributed by atoms with Gasteiger partial charge in [0.1, 0.15) is 18.9 Å². The second kappa shape index (κ2) is 21.4. The van der Waals surface area contributed by atoms with E-state index in [-0.39, 0.29) is 38.0 Å². The number of aliphatic hydroxyl groups is 2. The van der Waals surface area contributed by atoms with Crippen LogP contribution >= 0.6 is 0 Å². The number of nitrogens with zero attached hydrogens (tertiary/aromatic N) is 2. The largest absolute Gasteiger partial charge is 0.390 e. The summed E-state index contributed by atoms with van der Waals surface area (Å²) in [6, 6.07) is 7.54. The van der Waals surface area contributed by atoms with Crippen LogP contribution in [0.25, 0.3) is 0 Å². The Morgan fingerprint density at radius 2 is 1.74 bits per heavy atom. The predicted octanol–water partition coefficient (Wildman–Crippen LogP) is 3.04. The predicted molar refractivity (Wildman–Crippen MR) is 178 cm³/mol. The molecular weight excluding hydrogens is 587 g/mol. The molecule has 10 heteroatoms. The molecule has 46 heavy (non-hydrogen) atoms. The first-order valence-corrected chi connectivity index (χ1v) is 16.4. The lowest BCUT2D eigenvalue weighted by Gasteiger charge is -2.33. The normalized spacial score (nSPS) is 16.6. The Hall–Kier alpha value is -3.44. The van der Waals surface area contributed by atoms with Gasteiger partial charge >= 0.3 is 0 Å². The fraction of sp³-hybridized carbons (Fsp3) is 0.639. The number of nitrogens with one attached hydrogen (secondary N) is 2. The third-order valence-electron chi connectivity index (χ3n) is 8.71. The van der Waals surface area contributed by atoms with Gasteiger partial charge in [-0.25, -0.2) is 4.39 Å². The van der Waals surface area contributed by atoms with Gasteiger partial charge in [0.05, 0.1) is 18.1 Å². The van der Waals surface area contributed by atoms with Crippen molar-refractivity contribution in [3.63, 3.8) is 0 Å². The average molecular weight is 641 g/mol. The van der Waals surface area contributed by atoms with Gasteiger partial charge in [0.2, 0.25) is 17.7 Å². The van der Waals surface area contributed by atoms with Crippen molar-refractivity contribution in [2.24, 2.45) is 11.8 Å². The quantitative estimate of drug-likeness (QED) is 0.136. The van der Waals surface area contributed by atoms with E-state index in [9.17, 15) is 29.0 Å². The van der Waals surface area contributed by atoms with Gasteiger partial charge in [0, 0.05) is 39.4 Å². The van der Waals surface area contributed by atoms with Crippen LogP contribution in [0, 0.1) is 36.0 Å². The van der Waals surface area contributed by atoms with Crippen LogP contribution in [-0.4, -0.2) is 96.0 Å². The summed E-state index contributed by atoms with van der Waals surface area (Å²) in [5.74, 6) is 6.38. The Kier molecular flexibility index (Phi) is 18.0. The number of hydrogen-bond acceptors (Lipinski definition) is 6. The van der Waals surface area contributed by atoms with E-state index < -0.39 is 48.8 Å². The third-order valence-corrected chi connectivity index (χ3v) is 8.71. The molecule has 1 saturated carbocycles. The number of rotatable bonds is 19. The van der Waals surface area contributed by atoms with Crippen LogP contribution in [0.3, 0.4) is 0 Å². The second-order valence-corrected chi connectivity index (χ2v) is 12.5. The summed E-state index contributed by atoms with van der Waals surface area (Å²) in [4.78, 5) is 43.6. The van der Waals surface area contributed by atoms with Crippen LogP contribution in [0.2, 0.25) is 0 Å². The lowest BCUT2D eigenvalue weighted by molar-refractivity contribution is -0.137. The van der Waals surface area contributed by atoms with E-state index in [4.69, 9.17) is 6.42 Å². The first kappa shape index (κ1) is 38.7. The number of amides is 3. The highest BCUT2D eigenvalue weighted by Gasteiger charge is 2.34. The number of carbonyl (C=O) groups is 3. The summed E-state index contributed by atoms with van der Waals surface area (Å²) in [6.07, 6.45) is 9.47. The highest BCUT2D eigenvalue weighted by Crippen LogP contribution is 2.29. The van der Waals surface area contributed by atoms with E-state index in [0.29, 0.717) is 25.4 Å². The van der Waals surface area contributed by atoms with Gasteiger partial charge in [0.25, 0.3) is 0 Å². The summed E-state index contributed by atoms with van der Waals surface area (Å²) < 4.78 is 12.9. The van der Waals surface area contributed by atoms with E-state index in [1.54, 1.807) is 21.0 Å². The van der Waals surface area contributed by atoms with E-state index >= 15 is 0 Å². The molecule has 3 amide bonds. The maximum Gasteiger partial charge on any atom is 0.243 e. The van der Waals surface area contributed by atoms with Crippen LogP contribution in [-0.2, 0) is 20.8 Å². The Morgan fingerprint density at radius 1 is 1.04 bits per heavy atom. The molecule has 0 saturated heterocycles. The monoisotopic (exact) mass is 640 g/mol. The summed E-state index contributed by atoms with van der Waals surface area (Å²) >= 11 is 0. The van der Waals surface area contributed by atoms with Crippen molar-refractivity contribution in [1.82, 2.24) is 20.4 Å². The molecule has 5 atom stereocenters. The molecule has 0 heterocycles. The minimum Gasteiger partial charge on any atom is -0.390 e. The SMILES string of the molecule is C#CCCC(O)C(O)C(CC1CCCCC1)NC(=O)C(CC#CC)NC(=O)C(CC(=O)N(C)CCN(C)CF)Cc1ccccc1. The number of carbonyl (C=O) groups excluding carboxylic acids is 3. The Bertz CT molecular complexity index is 1170. The second-order valence-electron chi connectivity index (χ2n) is 12.5. The first-order valence-electron chi connectivity index (χ1n) is 16.4. The van der Waals surface area contributed by atoms with Crippen molar-refractivity contribution in [1.29, 1.82) is 0 Å². The minimum absolute atomic E-state index is 0.0292. The van der Waals surface area contributed by atoms with Crippen LogP contribution < -0.4 is 10.6 Å². The topological polar surface area (TPSA) is 122 Å². The summed E-state index contributed by atoms with van der Waals surface area (Å²) in [6.45, 7) is 1.65. The van der Waals surface area contributed by atoms with E-state index in [1.165, 1.54) is 9.80 Å². The number of halogens is 1. The van der Waals surface area contributed by atoms with Gasteiger partial charge in [0.15, 0.2) is 0 Å². The highest BCUT2D eigenvalue weighted by molar-refractivity contribution is 5.91. The molecule has 1 aliphatic carbocycles. The molecule has 1 aromatic carbocycles. The van der Waals surface area contributed by atoms with Crippen molar-refractivity contribution in [2.45, 2.75) is 102 Å². The molecule has 1 aliphatic rings. The number of aliphatic hydroxyl groups excluding tert-OH is 2. The van der Waals surface area contributed by atoms with Gasteiger partial charge in [-0.3, -0.25) is 19.3 Å². The molecular formula is C36H53FN4O5. The van der Waals surface area contributed by atoms with Crippen LogP contribution in [0.5, 0.6) is 0 Å². The Balaban J connectivity index is 2.24. The summed E-state index contributed by atoms with van der Waals surface area (Å²) in [7, 11) is 3.24. The van der Waals surface area contributed by atoms with Crippen molar-refractivity contribution in [3.8, 4) is 24.2 Å². The summed E-state index contributed by atoms with van der Waals surface area (Å²) in [5.41, 5.74) is 0.862. The maximum absolute atomic E-state index is 13.8. The zero-order valence-corrected chi connectivity index (χ0v) is 27.7. The number of terminal acetylenes is 1. The van der Waals surface area contributed by atoms with Crippen molar-refractivity contribution >= 4 is 17.7 Å². The van der Waals surface area contributed by atoms with Crippen molar-refractivity contribution in [3.05, 3.63) is 35.9 Å². The number of likely N-dealkylation sites (N-methyl/N-ethyl adjacent to an activating group) is 2. The third kappa shape index (κ3) is 13.9. The van der Waals surface area contributed by atoms with Gasteiger partial charge in [-0.1, -0.05) is 62.4 Å². The number of alkyl halides is 1. The fourth-order valence-electron chi connectivity index (χ4n) is 5.75. The summed E-state index contributed by atoms with van der Waals surface area (Å²) in [5, 5.41) is 27.5. The van der Waals surface area contributed by atoms with Crippen LogP contribution in [0.15, 0.2) is 30.3 Å². The smallest absolute Gasteiger partial charge is 0.243 e. The zero-order chi connectivity index (χ0) is 33.9. The van der Waals surface area contributed by atoms with Crippen LogP contribution in [0.4, 0.5) is 4.39 Å². The molecule has 0 aromatic heterocycles. The van der Waals surface area contributed by atoms with E-state index in [1.807, 2.05) is 30.3 Å². The number of hydrogen-bond donors (Lipinski definition) is 4. The lowest BCUT2D eigenvalue weighted by atomic mass is 9.82. The molecule has 9 nitrogen and oxygen atoms in total. The fourth-order valence-corrected chi connectivity index (χ4v) is 5.75. The molecule has 5 unspecified atom stereocenters. The van der Waals surface area contributed by atoms with E-state index in [2.05, 4.69) is 28.4 Å². The van der Waals surface area contributed by atoms with E-state index in [0.717, 1.165) is 37.7 Å². The first-order chi connectivity index (χ1) is 22.1. The Morgan fingerprint density at radius 3 is 2.37 bits per heavy atom. The van der Waals surface area contributed by atoms with Gasteiger partial charge in [-0.15, -0.1) is 24.2 Å². The Labute approximate surface area is 274 Å². The lowest BCUT2D eigenvalue weighted by Crippen LogP contribution is -2.56. The molecule has 1 fully saturated rings. The molecule has 0 bridgehead atoms. The molecule has 0 radical (unpaired) electrons. The molecule has 2 rings (SSSR count). The molecule has 254 valence electrons. The molecule has 4 N–H and O–H groups in total. The van der Waals surface area contributed by atoms with Gasteiger partial charge in [-0.2, -0.15) is 0 Å². The van der Waals surface area contributed by atoms with Gasteiger partial charge in [-0.05, 0) is 44.7 Å². The van der Waals surface area contributed by atoms with Crippen molar-refractivity contribution < 1.29 is 29.0 Å².